The maximum atomic E-state index is 13.5. The summed E-state index contributed by atoms with van der Waals surface area (Å²) in [6.07, 6.45) is -0.118. The van der Waals surface area contributed by atoms with E-state index in [1.807, 2.05) is 13.8 Å². The Morgan fingerprint density at radius 3 is 2.61 bits per heavy atom. The van der Waals surface area contributed by atoms with Crippen molar-refractivity contribution in [3.63, 3.8) is 0 Å². The normalized spacial score (nSPS) is 26.9. The number of aliphatic imine (C=N–C) groups is 1. The molecular formula is C19H29B2N4O3. The first kappa shape index (κ1) is 21.0. The van der Waals surface area contributed by atoms with Crippen LogP contribution in [0.1, 0.15) is 59.6 Å². The minimum atomic E-state index is -0.583. The van der Waals surface area contributed by atoms with E-state index in [9.17, 15) is 9.90 Å². The van der Waals surface area contributed by atoms with Gasteiger partial charge in [-0.3, -0.25) is 9.79 Å². The molecule has 3 radical (unpaired) electrons. The Morgan fingerprint density at radius 2 is 2.11 bits per heavy atom. The Hall–Kier alpha value is -1.76. The number of nitrogens with zero attached hydrogens (tertiary/aromatic N) is 3. The summed E-state index contributed by atoms with van der Waals surface area (Å²) >= 11 is 0. The van der Waals surface area contributed by atoms with Crippen LogP contribution in [0.15, 0.2) is 15.6 Å². The van der Waals surface area contributed by atoms with Gasteiger partial charge in [0, 0.05) is 26.3 Å². The molecule has 1 aromatic heterocycles. The van der Waals surface area contributed by atoms with Crippen molar-refractivity contribution in [3.05, 3.63) is 11.8 Å². The van der Waals surface area contributed by atoms with Crippen LogP contribution in [0.3, 0.4) is 0 Å². The fourth-order valence-electron chi connectivity index (χ4n) is 3.86. The van der Waals surface area contributed by atoms with E-state index in [1.54, 1.807) is 11.0 Å². The Morgan fingerprint density at radius 1 is 1.43 bits per heavy atom. The average molecular weight is 383 g/mol. The molecule has 3 rings (SSSR count). The number of likely N-dealkylation sites (tertiary alicyclic amines) is 1. The molecule has 149 valence electrons. The molecule has 0 aromatic carbocycles. The number of hydrogen-bond acceptors (Lipinski definition) is 6. The predicted molar refractivity (Wildman–Crippen MR) is 110 cm³/mol. The molecule has 28 heavy (non-hydrogen) atoms. The number of β-amino-alcohol motifs (C(OH)–C–C–N with tert-alkyl or cyclic N) is 1. The highest BCUT2D eigenvalue weighted by molar-refractivity contribution is 6.97. The third-order valence-electron chi connectivity index (χ3n) is 6.20. The third-order valence-corrected chi connectivity index (χ3v) is 6.20. The molecule has 2 aliphatic heterocycles. The minimum absolute atomic E-state index is 0.00387. The molecule has 9 heteroatoms. The monoisotopic (exact) mass is 383 g/mol. The quantitative estimate of drug-likeness (QED) is 0.717. The molecular weight excluding hydrogens is 354 g/mol. The van der Waals surface area contributed by atoms with E-state index in [-0.39, 0.29) is 35.5 Å². The molecule has 2 N–H and O–H groups in total. The van der Waals surface area contributed by atoms with Crippen LogP contribution in [-0.4, -0.2) is 71.6 Å². The van der Waals surface area contributed by atoms with Crippen molar-refractivity contribution in [1.82, 2.24) is 15.4 Å². The highest BCUT2D eigenvalue weighted by Crippen LogP contribution is 2.35. The zero-order valence-corrected chi connectivity index (χ0v) is 17.6. The topological polar surface area (TPSA) is 91.0 Å². The van der Waals surface area contributed by atoms with Crippen LogP contribution in [0.5, 0.6) is 0 Å². The number of aliphatic hydroxyl groups excluding tert-OH is 1. The van der Waals surface area contributed by atoms with Gasteiger partial charge in [0.25, 0.3) is 0 Å². The van der Waals surface area contributed by atoms with E-state index in [0.717, 1.165) is 5.84 Å². The summed E-state index contributed by atoms with van der Waals surface area (Å²) in [6.45, 7) is 12.5. The number of aliphatic hydroxyl groups is 1. The Bertz CT molecular complexity index is 775. The van der Waals surface area contributed by atoms with Gasteiger partial charge < -0.3 is 19.8 Å². The summed E-state index contributed by atoms with van der Waals surface area (Å²) < 4.78 is 5.40. The summed E-state index contributed by atoms with van der Waals surface area (Å²) in [7, 11) is 6.86. The zero-order chi connectivity index (χ0) is 20.9. The van der Waals surface area contributed by atoms with Crippen LogP contribution in [0.2, 0.25) is 0 Å². The fraction of sp³-hybridized carbons (Fsp3) is 0.737. The zero-order valence-electron chi connectivity index (χ0n) is 17.6. The van der Waals surface area contributed by atoms with Crippen molar-refractivity contribution in [2.75, 3.05) is 6.54 Å². The third kappa shape index (κ3) is 3.61. The lowest BCUT2D eigenvalue weighted by molar-refractivity contribution is -0.134. The number of carbonyl (C=O) groups is 1. The van der Waals surface area contributed by atoms with Crippen LogP contribution in [0.25, 0.3) is 0 Å². The summed E-state index contributed by atoms with van der Waals surface area (Å²) in [4.78, 5) is 20.1. The van der Waals surface area contributed by atoms with Crippen LogP contribution >= 0.6 is 0 Å². The molecule has 3 atom stereocenters. The molecule has 1 aromatic rings. The number of rotatable bonds is 5. The Labute approximate surface area is 169 Å². The first-order valence-corrected chi connectivity index (χ1v) is 9.85. The van der Waals surface area contributed by atoms with Crippen LogP contribution in [0.4, 0.5) is 0 Å². The lowest BCUT2D eigenvalue weighted by Gasteiger charge is -2.33. The number of hydrogen-bond donors (Lipinski definition) is 2. The average Bonchev–Trinajstić information content (AvgIpc) is 3.24. The summed E-state index contributed by atoms with van der Waals surface area (Å²) in [5.74, 6) is 0.644. The second kappa shape index (κ2) is 7.25. The van der Waals surface area contributed by atoms with Crippen molar-refractivity contribution >= 4 is 32.2 Å². The molecule has 1 fully saturated rings. The predicted octanol–water partition coefficient (Wildman–Crippen LogP) is 0.348. The molecule has 0 spiro atoms. The smallest absolute Gasteiger partial charge is 0.234 e. The molecule has 1 amide bonds. The maximum Gasteiger partial charge on any atom is 0.234 e. The SMILES string of the molecule is [B][B]c1cc(C(C(=O)N2C[C@H](O)CC2C2=NC(C)(C)C(C)(C)N2)C(C)C)on1. The van der Waals surface area contributed by atoms with E-state index in [0.29, 0.717) is 17.8 Å². The molecule has 0 bridgehead atoms. The van der Waals surface area contributed by atoms with Gasteiger partial charge in [-0.1, -0.05) is 19.0 Å². The first-order valence-electron chi connectivity index (χ1n) is 9.85. The van der Waals surface area contributed by atoms with Crippen molar-refractivity contribution in [1.29, 1.82) is 0 Å². The minimum Gasteiger partial charge on any atom is -0.391 e. The van der Waals surface area contributed by atoms with Gasteiger partial charge in [0.15, 0.2) is 0 Å². The van der Waals surface area contributed by atoms with E-state index in [4.69, 9.17) is 17.3 Å². The first-order chi connectivity index (χ1) is 13.0. The van der Waals surface area contributed by atoms with Crippen molar-refractivity contribution in [3.8, 4) is 0 Å². The molecule has 3 heterocycles. The van der Waals surface area contributed by atoms with Crippen LogP contribution in [-0.2, 0) is 4.79 Å². The van der Waals surface area contributed by atoms with Crippen molar-refractivity contribution < 1.29 is 14.4 Å². The summed E-state index contributed by atoms with van der Waals surface area (Å²) in [6, 6.07) is 1.41. The van der Waals surface area contributed by atoms with E-state index < -0.39 is 12.0 Å². The van der Waals surface area contributed by atoms with Crippen LogP contribution in [0, 0.1) is 5.92 Å². The maximum absolute atomic E-state index is 13.5. The van der Waals surface area contributed by atoms with Gasteiger partial charge in [0.05, 0.1) is 23.2 Å². The van der Waals surface area contributed by atoms with Gasteiger partial charge in [-0.15, -0.1) is 0 Å². The highest BCUT2D eigenvalue weighted by Gasteiger charge is 2.49. The van der Waals surface area contributed by atoms with Gasteiger partial charge in [-0.25, -0.2) is 0 Å². The summed E-state index contributed by atoms with van der Waals surface area (Å²) in [5, 5.41) is 17.7. The number of nitrogens with one attached hydrogen (secondary N) is 1. The van der Waals surface area contributed by atoms with E-state index in [1.165, 1.54) is 7.17 Å². The standard InChI is InChI=1S/C19H29B2N4O3/c1-10(2)15(13-8-14(21-20)24-28-13)17(27)25-9-11(26)7-12(25)16-22-18(3,4)19(5,6)23-16/h8,10-12,15,26H,7,9H2,1-6H3,(H,22,23)/t11-,12?,15?/m1/s1. The molecule has 7 nitrogen and oxygen atoms in total. The molecule has 2 unspecified atom stereocenters. The molecule has 2 aliphatic rings. The van der Waals surface area contributed by atoms with Crippen LogP contribution < -0.4 is 10.9 Å². The lowest BCUT2D eigenvalue weighted by Crippen LogP contribution is -2.54. The van der Waals surface area contributed by atoms with E-state index >= 15 is 0 Å². The summed E-state index contributed by atoms with van der Waals surface area (Å²) in [5.41, 5.74) is -0.0469. The second-order valence-electron chi connectivity index (χ2n) is 9.24. The van der Waals surface area contributed by atoms with Gasteiger partial charge in [0.1, 0.15) is 24.7 Å². The number of aromatic nitrogens is 1. The molecule has 0 saturated carbocycles. The Balaban J connectivity index is 1.90. The van der Waals surface area contributed by atoms with Gasteiger partial charge in [0.2, 0.25) is 5.91 Å². The largest absolute Gasteiger partial charge is 0.391 e. The van der Waals surface area contributed by atoms with Gasteiger partial charge in [-0.05, 0) is 39.7 Å². The second-order valence-corrected chi connectivity index (χ2v) is 9.24. The van der Waals surface area contributed by atoms with E-state index in [2.05, 4.69) is 38.2 Å². The van der Waals surface area contributed by atoms with Crippen molar-refractivity contribution in [2.45, 2.75) is 77.1 Å². The number of amides is 1. The fourth-order valence-corrected chi connectivity index (χ4v) is 3.86. The Kier molecular flexibility index (Phi) is 5.42. The van der Waals surface area contributed by atoms with Gasteiger partial charge in [-0.2, -0.15) is 0 Å². The van der Waals surface area contributed by atoms with Gasteiger partial charge >= 0.3 is 0 Å². The highest BCUT2D eigenvalue weighted by atomic mass is 16.5. The molecule has 1 saturated heterocycles. The number of amidine groups is 1. The number of carbonyl (C=O) groups excluding carboxylic acids is 1. The van der Waals surface area contributed by atoms with Crippen molar-refractivity contribution in [2.24, 2.45) is 10.9 Å². The molecule has 0 aliphatic carbocycles. The lowest BCUT2D eigenvalue weighted by atomic mass is 9.53.